The van der Waals surface area contributed by atoms with Gasteiger partial charge in [0.2, 0.25) is 15.8 Å². The van der Waals surface area contributed by atoms with Crippen molar-refractivity contribution in [3.63, 3.8) is 0 Å². The van der Waals surface area contributed by atoms with E-state index in [2.05, 4.69) is 0 Å². The average Bonchev–Trinajstić information content (AvgIpc) is 2.37. The van der Waals surface area contributed by atoms with Crippen LogP contribution in [0.5, 0.6) is 0 Å². The molecule has 21 heavy (non-hydrogen) atoms. The van der Waals surface area contributed by atoms with Gasteiger partial charge < -0.3 is 5.11 Å². The highest BCUT2D eigenvalue weighted by Crippen LogP contribution is 2.29. The molecule has 0 aliphatic heterocycles. The predicted octanol–water partition coefficient (Wildman–Crippen LogP) is 1.22. The lowest BCUT2D eigenvalue weighted by atomic mass is 10.3. The Bertz CT molecular complexity index is 661. The number of aliphatic carboxylic acids is 1. The lowest BCUT2D eigenvalue weighted by Crippen LogP contribution is -2.33. The van der Waals surface area contributed by atoms with Gasteiger partial charge in [-0.3, -0.25) is 14.9 Å². The van der Waals surface area contributed by atoms with Crippen LogP contribution in [-0.2, 0) is 14.8 Å². The Balaban J connectivity index is 3.32. The number of carbonyl (C=O) groups is 1. The van der Waals surface area contributed by atoms with Gasteiger partial charge in [-0.1, -0.05) is 13.0 Å². The van der Waals surface area contributed by atoms with Crippen molar-refractivity contribution in [2.45, 2.75) is 18.2 Å². The molecule has 8 nitrogen and oxygen atoms in total. The van der Waals surface area contributed by atoms with Gasteiger partial charge in [0.05, 0.1) is 11.3 Å². The Labute approximate surface area is 120 Å². The number of para-hydroxylation sites is 1. The van der Waals surface area contributed by atoms with Crippen molar-refractivity contribution in [2.24, 2.45) is 0 Å². The molecule has 0 amide bonds. The highest BCUT2D eigenvalue weighted by Gasteiger charge is 2.33. The number of nitro groups is 1. The van der Waals surface area contributed by atoms with Crippen LogP contribution in [0.15, 0.2) is 23.1 Å². The van der Waals surface area contributed by atoms with E-state index in [1.807, 2.05) is 0 Å². The fourth-order valence-corrected chi connectivity index (χ4v) is 3.31. The van der Waals surface area contributed by atoms with Crippen molar-refractivity contribution in [1.82, 2.24) is 4.31 Å². The molecule has 1 aromatic rings. The molecule has 0 aromatic heterocycles. The minimum absolute atomic E-state index is 0.0940. The molecule has 10 heteroatoms. The number of sulfonamides is 1. The van der Waals surface area contributed by atoms with E-state index in [1.165, 1.54) is 6.92 Å². The molecule has 0 fully saturated rings. The quantitative estimate of drug-likeness (QED) is 0.596. The first-order valence-corrected chi connectivity index (χ1v) is 7.30. The predicted molar refractivity (Wildman–Crippen MR) is 69.7 cm³/mol. The summed E-state index contributed by atoms with van der Waals surface area (Å²) in [6, 6.07) is 2.74. The van der Waals surface area contributed by atoms with Gasteiger partial charge in [-0.15, -0.1) is 0 Å². The lowest BCUT2D eigenvalue weighted by Gasteiger charge is -2.19. The van der Waals surface area contributed by atoms with E-state index >= 15 is 0 Å². The van der Waals surface area contributed by atoms with Gasteiger partial charge in [0.1, 0.15) is 0 Å². The number of carboxylic acid groups (broad SMARTS) is 1. The van der Waals surface area contributed by atoms with Gasteiger partial charge in [-0.05, 0) is 12.1 Å². The number of carboxylic acids is 1. The van der Waals surface area contributed by atoms with Crippen molar-refractivity contribution in [2.75, 3.05) is 13.1 Å². The molecule has 0 aliphatic carbocycles. The van der Waals surface area contributed by atoms with E-state index in [0.29, 0.717) is 0 Å². The largest absolute Gasteiger partial charge is 0.481 e. The van der Waals surface area contributed by atoms with E-state index in [4.69, 9.17) is 5.11 Å². The van der Waals surface area contributed by atoms with Crippen molar-refractivity contribution >= 4 is 21.7 Å². The van der Waals surface area contributed by atoms with Gasteiger partial charge in [0.15, 0.2) is 4.90 Å². The summed E-state index contributed by atoms with van der Waals surface area (Å²) in [5.41, 5.74) is -1.15. The third-order valence-corrected chi connectivity index (χ3v) is 4.68. The summed E-state index contributed by atoms with van der Waals surface area (Å²) in [6.45, 7) is 0.996. The third kappa shape index (κ3) is 3.73. The zero-order valence-corrected chi connectivity index (χ0v) is 11.8. The minimum Gasteiger partial charge on any atom is -0.481 e. The fraction of sp³-hybridized carbons (Fsp3) is 0.364. The molecule has 1 aromatic carbocycles. The van der Waals surface area contributed by atoms with Gasteiger partial charge >= 0.3 is 11.7 Å². The third-order valence-electron chi connectivity index (χ3n) is 2.68. The van der Waals surface area contributed by atoms with Gasteiger partial charge in [0.25, 0.3) is 0 Å². The second-order valence-electron chi connectivity index (χ2n) is 3.98. The first kappa shape index (κ1) is 17.0. The number of halogens is 1. The van der Waals surface area contributed by atoms with Crippen molar-refractivity contribution in [3.05, 3.63) is 34.1 Å². The first-order chi connectivity index (χ1) is 9.71. The number of benzene rings is 1. The molecular weight excluding hydrogens is 307 g/mol. The summed E-state index contributed by atoms with van der Waals surface area (Å²) >= 11 is 0. The highest BCUT2D eigenvalue weighted by atomic mass is 32.2. The Hall–Kier alpha value is -2.07. The van der Waals surface area contributed by atoms with E-state index < -0.39 is 43.7 Å². The van der Waals surface area contributed by atoms with Crippen molar-refractivity contribution in [1.29, 1.82) is 0 Å². The number of rotatable bonds is 7. The molecule has 1 rings (SSSR count). The van der Waals surface area contributed by atoms with Crippen LogP contribution in [0.4, 0.5) is 10.1 Å². The van der Waals surface area contributed by atoms with Crippen LogP contribution in [0.1, 0.15) is 13.3 Å². The molecule has 0 heterocycles. The number of hydrogen-bond acceptors (Lipinski definition) is 5. The smallest absolute Gasteiger partial charge is 0.324 e. The SMILES string of the molecule is CCN(CCC(=O)O)S(=O)(=O)c1cccc(F)c1[N+](=O)[O-]. The van der Waals surface area contributed by atoms with Crippen LogP contribution < -0.4 is 0 Å². The molecule has 0 unspecified atom stereocenters. The molecular formula is C11H13FN2O6S. The van der Waals surface area contributed by atoms with Crippen molar-refractivity contribution in [3.8, 4) is 0 Å². The maximum absolute atomic E-state index is 13.5. The summed E-state index contributed by atoms with van der Waals surface area (Å²) < 4.78 is 38.9. The summed E-state index contributed by atoms with van der Waals surface area (Å²) in [4.78, 5) is 19.5. The van der Waals surface area contributed by atoms with Gasteiger partial charge in [-0.2, -0.15) is 8.70 Å². The van der Waals surface area contributed by atoms with Crippen LogP contribution in [-0.4, -0.2) is 41.8 Å². The Morgan fingerprint density at radius 1 is 1.48 bits per heavy atom. The molecule has 0 saturated carbocycles. The summed E-state index contributed by atoms with van der Waals surface area (Å²) in [5.74, 6) is -2.48. The molecule has 116 valence electrons. The summed E-state index contributed by atoms with van der Waals surface area (Å²) in [5, 5.41) is 19.4. The van der Waals surface area contributed by atoms with Gasteiger partial charge in [-0.25, -0.2) is 8.42 Å². The van der Waals surface area contributed by atoms with E-state index in [-0.39, 0.29) is 13.1 Å². The molecule has 0 saturated heterocycles. The second kappa shape index (κ2) is 6.59. The van der Waals surface area contributed by atoms with Crippen LogP contribution >= 0.6 is 0 Å². The molecule has 1 N–H and O–H groups in total. The van der Waals surface area contributed by atoms with Crippen LogP contribution in [0.2, 0.25) is 0 Å². The summed E-state index contributed by atoms with van der Waals surface area (Å²) in [7, 11) is -4.36. The topological polar surface area (TPSA) is 118 Å². The lowest BCUT2D eigenvalue weighted by molar-refractivity contribution is -0.390. The fourth-order valence-electron chi connectivity index (χ4n) is 1.69. The van der Waals surface area contributed by atoms with E-state index in [0.717, 1.165) is 22.5 Å². The normalized spacial score (nSPS) is 11.6. The molecule has 0 atom stereocenters. The van der Waals surface area contributed by atoms with Crippen molar-refractivity contribution < 1.29 is 27.6 Å². The number of nitrogens with zero attached hydrogens (tertiary/aromatic N) is 2. The van der Waals surface area contributed by atoms with Crippen LogP contribution in [0.25, 0.3) is 0 Å². The second-order valence-corrected chi connectivity index (χ2v) is 5.89. The Morgan fingerprint density at radius 3 is 2.57 bits per heavy atom. The summed E-state index contributed by atoms with van der Waals surface area (Å²) in [6.07, 6.45) is -0.462. The number of nitro benzene ring substituents is 1. The maximum atomic E-state index is 13.5. The van der Waals surface area contributed by atoms with Gasteiger partial charge in [0, 0.05) is 13.1 Å². The standard InChI is InChI=1S/C11H13FN2O6S/c1-2-13(7-6-10(15)16)21(19,20)9-5-3-4-8(12)11(9)14(17)18/h3-5H,2,6-7H2,1H3,(H,15,16). The number of hydrogen-bond donors (Lipinski definition) is 1. The first-order valence-electron chi connectivity index (χ1n) is 5.86. The highest BCUT2D eigenvalue weighted by molar-refractivity contribution is 7.89. The molecule has 0 spiro atoms. The Morgan fingerprint density at radius 2 is 2.10 bits per heavy atom. The maximum Gasteiger partial charge on any atom is 0.324 e. The van der Waals surface area contributed by atoms with E-state index in [1.54, 1.807) is 0 Å². The zero-order valence-electron chi connectivity index (χ0n) is 11.0. The molecule has 0 aliphatic rings. The molecule has 0 radical (unpaired) electrons. The Kier molecular flexibility index (Phi) is 5.33. The van der Waals surface area contributed by atoms with Crippen LogP contribution in [0, 0.1) is 15.9 Å². The minimum atomic E-state index is -4.36. The zero-order chi connectivity index (χ0) is 16.2. The monoisotopic (exact) mass is 320 g/mol. The van der Waals surface area contributed by atoms with Crippen LogP contribution in [0.3, 0.4) is 0 Å². The van der Waals surface area contributed by atoms with E-state index in [9.17, 15) is 27.7 Å². The average molecular weight is 320 g/mol. The molecule has 0 bridgehead atoms.